The highest BCUT2D eigenvalue weighted by atomic mass is 16.5. The predicted octanol–water partition coefficient (Wildman–Crippen LogP) is 0.883. The van der Waals surface area contributed by atoms with Gasteiger partial charge in [-0.25, -0.2) is 0 Å². The number of aliphatic hydroxyl groups is 4. The Hall–Kier alpha value is -1.70. The summed E-state index contributed by atoms with van der Waals surface area (Å²) < 4.78 is 11.2. The standard InChI is InChI=1S/C18H22O6/c1-9-15(20)16(21)17(22)18(24-9)14-12-5-3-4-10(8-19)11(12)6-7-13(14)23-2/h3-7,9,15-22H,8H2,1-2H3/t9-,15+,16+,17-,18+/m0/s1. The summed E-state index contributed by atoms with van der Waals surface area (Å²) in [5.74, 6) is 0.512. The van der Waals surface area contributed by atoms with Gasteiger partial charge in [-0.2, -0.15) is 0 Å². The van der Waals surface area contributed by atoms with E-state index < -0.39 is 30.5 Å². The van der Waals surface area contributed by atoms with Gasteiger partial charge in [-0.15, -0.1) is 0 Å². The second kappa shape index (κ2) is 6.66. The van der Waals surface area contributed by atoms with Crippen LogP contribution in [0.4, 0.5) is 0 Å². The molecule has 24 heavy (non-hydrogen) atoms. The zero-order valence-electron chi connectivity index (χ0n) is 13.6. The molecule has 0 saturated carbocycles. The molecule has 1 aliphatic heterocycles. The minimum absolute atomic E-state index is 0.116. The Morgan fingerprint density at radius 1 is 1.00 bits per heavy atom. The molecule has 3 rings (SSSR count). The number of methoxy groups -OCH3 is 1. The van der Waals surface area contributed by atoms with Crippen molar-refractivity contribution in [2.45, 2.75) is 44.1 Å². The minimum Gasteiger partial charge on any atom is -0.496 e. The number of hydrogen-bond acceptors (Lipinski definition) is 6. The van der Waals surface area contributed by atoms with E-state index >= 15 is 0 Å². The summed E-state index contributed by atoms with van der Waals surface area (Å²) in [5, 5.41) is 41.6. The van der Waals surface area contributed by atoms with E-state index in [0.717, 1.165) is 16.3 Å². The van der Waals surface area contributed by atoms with Gasteiger partial charge in [0.1, 0.15) is 30.2 Å². The van der Waals surface area contributed by atoms with E-state index in [1.54, 1.807) is 19.1 Å². The highest BCUT2D eigenvalue weighted by molar-refractivity contribution is 5.91. The first-order valence-electron chi connectivity index (χ1n) is 7.88. The Labute approximate surface area is 139 Å². The third-order valence-electron chi connectivity index (χ3n) is 4.68. The maximum absolute atomic E-state index is 10.4. The molecular weight excluding hydrogens is 312 g/mol. The van der Waals surface area contributed by atoms with E-state index in [0.29, 0.717) is 11.3 Å². The van der Waals surface area contributed by atoms with E-state index in [2.05, 4.69) is 0 Å². The first-order valence-corrected chi connectivity index (χ1v) is 7.88. The van der Waals surface area contributed by atoms with Crippen LogP contribution in [0.1, 0.15) is 24.2 Å². The lowest BCUT2D eigenvalue weighted by molar-refractivity contribution is -0.219. The van der Waals surface area contributed by atoms with E-state index in [4.69, 9.17) is 9.47 Å². The molecule has 1 aliphatic rings. The monoisotopic (exact) mass is 334 g/mol. The van der Waals surface area contributed by atoms with Crippen molar-refractivity contribution in [3.8, 4) is 5.75 Å². The van der Waals surface area contributed by atoms with Gasteiger partial charge in [0.2, 0.25) is 0 Å². The van der Waals surface area contributed by atoms with Crippen molar-refractivity contribution < 1.29 is 29.9 Å². The van der Waals surface area contributed by atoms with E-state index in [1.807, 2.05) is 18.2 Å². The summed E-state index contributed by atoms with van der Waals surface area (Å²) >= 11 is 0. The van der Waals surface area contributed by atoms with Gasteiger partial charge >= 0.3 is 0 Å². The summed E-state index contributed by atoms with van der Waals surface area (Å²) in [6.07, 6.45) is -5.28. The Balaban J connectivity index is 2.20. The summed E-state index contributed by atoms with van der Waals surface area (Å²) in [4.78, 5) is 0. The number of rotatable bonds is 3. The van der Waals surface area contributed by atoms with Gasteiger partial charge in [0.25, 0.3) is 0 Å². The summed E-state index contributed by atoms with van der Waals surface area (Å²) in [6.45, 7) is 1.53. The molecule has 2 aromatic rings. The van der Waals surface area contributed by atoms with Crippen LogP contribution in [0.25, 0.3) is 10.8 Å². The molecule has 0 aromatic heterocycles. The van der Waals surface area contributed by atoms with Crippen LogP contribution in [-0.4, -0.2) is 52.0 Å². The van der Waals surface area contributed by atoms with Crippen LogP contribution in [-0.2, 0) is 11.3 Å². The second-order valence-electron chi connectivity index (χ2n) is 6.09. The van der Waals surface area contributed by atoms with Gasteiger partial charge < -0.3 is 29.9 Å². The SMILES string of the molecule is COc1ccc2c(CO)cccc2c1[C@H]1O[C@@H](C)[C@@H](O)[C@@H](O)[C@@H]1O. The van der Waals surface area contributed by atoms with Gasteiger partial charge in [0.15, 0.2) is 0 Å². The number of aliphatic hydroxyl groups excluding tert-OH is 4. The molecule has 0 spiro atoms. The number of hydrogen-bond donors (Lipinski definition) is 4. The second-order valence-corrected chi connectivity index (χ2v) is 6.09. The first-order chi connectivity index (χ1) is 11.5. The van der Waals surface area contributed by atoms with Crippen molar-refractivity contribution in [1.82, 2.24) is 0 Å². The number of benzene rings is 2. The van der Waals surface area contributed by atoms with Crippen molar-refractivity contribution in [2.24, 2.45) is 0 Å². The lowest BCUT2D eigenvalue weighted by atomic mass is 9.88. The van der Waals surface area contributed by atoms with Crippen molar-refractivity contribution >= 4 is 10.8 Å². The Morgan fingerprint density at radius 2 is 1.75 bits per heavy atom. The van der Waals surface area contributed by atoms with Crippen molar-refractivity contribution in [3.63, 3.8) is 0 Å². The molecule has 0 radical (unpaired) electrons. The molecule has 0 amide bonds. The Morgan fingerprint density at radius 3 is 2.42 bits per heavy atom. The average Bonchev–Trinajstić information content (AvgIpc) is 2.61. The maximum atomic E-state index is 10.4. The predicted molar refractivity (Wildman–Crippen MR) is 87.7 cm³/mol. The van der Waals surface area contributed by atoms with Crippen LogP contribution in [0.15, 0.2) is 30.3 Å². The average molecular weight is 334 g/mol. The molecule has 0 unspecified atom stereocenters. The van der Waals surface area contributed by atoms with E-state index in [1.165, 1.54) is 7.11 Å². The zero-order valence-corrected chi connectivity index (χ0v) is 13.6. The highest BCUT2D eigenvalue weighted by Crippen LogP contribution is 2.41. The van der Waals surface area contributed by atoms with Crippen LogP contribution < -0.4 is 4.74 Å². The fourth-order valence-electron chi connectivity index (χ4n) is 3.33. The van der Waals surface area contributed by atoms with Crippen LogP contribution in [0, 0.1) is 0 Å². The molecule has 130 valence electrons. The molecule has 1 saturated heterocycles. The van der Waals surface area contributed by atoms with Crippen molar-refractivity contribution in [3.05, 3.63) is 41.5 Å². The zero-order chi connectivity index (χ0) is 17.4. The summed E-state index contributed by atoms with van der Waals surface area (Å²) in [7, 11) is 1.52. The Kier molecular flexibility index (Phi) is 4.76. The highest BCUT2D eigenvalue weighted by Gasteiger charge is 2.43. The molecule has 4 N–H and O–H groups in total. The van der Waals surface area contributed by atoms with Crippen LogP contribution in [0.3, 0.4) is 0 Å². The third-order valence-corrected chi connectivity index (χ3v) is 4.68. The topological polar surface area (TPSA) is 99.4 Å². The van der Waals surface area contributed by atoms with Crippen LogP contribution in [0.5, 0.6) is 5.75 Å². The Bertz CT molecular complexity index is 731. The van der Waals surface area contributed by atoms with Gasteiger partial charge in [-0.1, -0.05) is 24.3 Å². The van der Waals surface area contributed by atoms with Gasteiger partial charge in [-0.3, -0.25) is 0 Å². The molecule has 0 aliphatic carbocycles. The smallest absolute Gasteiger partial charge is 0.125 e. The van der Waals surface area contributed by atoms with Crippen molar-refractivity contribution in [2.75, 3.05) is 7.11 Å². The molecule has 6 nitrogen and oxygen atoms in total. The third kappa shape index (κ3) is 2.66. The molecule has 6 heteroatoms. The lowest BCUT2D eigenvalue weighted by Gasteiger charge is -2.40. The molecule has 2 aromatic carbocycles. The van der Waals surface area contributed by atoms with Gasteiger partial charge in [-0.05, 0) is 29.3 Å². The molecule has 1 heterocycles. The van der Waals surface area contributed by atoms with Gasteiger partial charge in [0, 0.05) is 5.56 Å². The first kappa shape index (κ1) is 17.1. The number of fused-ring (bicyclic) bond motifs is 1. The van der Waals surface area contributed by atoms with E-state index in [-0.39, 0.29) is 6.61 Å². The molecule has 5 atom stereocenters. The lowest BCUT2D eigenvalue weighted by Crippen LogP contribution is -2.53. The van der Waals surface area contributed by atoms with Gasteiger partial charge in [0.05, 0.1) is 19.8 Å². The van der Waals surface area contributed by atoms with Crippen LogP contribution >= 0.6 is 0 Å². The normalized spacial score (nSPS) is 30.5. The number of ether oxygens (including phenoxy) is 2. The summed E-state index contributed by atoms with van der Waals surface area (Å²) in [5.41, 5.74) is 1.34. The molecular formula is C18H22O6. The molecule has 1 fully saturated rings. The maximum Gasteiger partial charge on any atom is 0.125 e. The summed E-state index contributed by atoms with van der Waals surface area (Å²) in [6, 6.07) is 9.06. The van der Waals surface area contributed by atoms with Crippen LogP contribution in [0.2, 0.25) is 0 Å². The molecule has 0 bridgehead atoms. The quantitative estimate of drug-likeness (QED) is 0.665. The van der Waals surface area contributed by atoms with E-state index in [9.17, 15) is 20.4 Å². The van der Waals surface area contributed by atoms with Crippen molar-refractivity contribution in [1.29, 1.82) is 0 Å². The fourth-order valence-corrected chi connectivity index (χ4v) is 3.33. The fraction of sp³-hybridized carbons (Fsp3) is 0.444. The minimum atomic E-state index is -1.32. The largest absolute Gasteiger partial charge is 0.496 e.